The van der Waals surface area contributed by atoms with Crippen LogP contribution in [0.2, 0.25) is 0 Å². The predicted molar refractivity (Wildman–Crippen MR) is 214 cm³/mol. The molecule has 0 N–H and O–H groups in total. The summed E-state index contributed by atoms with van der Waals surface area (Å²) in [5.74, 6) is -0.554. The Labute approximate surface area is 307 Å². The first kappa shape index (κ1) is 46.8. The van der Waals surface area contributed by atoms with Crippen LogP contribution in [0.1, 0.15) is 149 Å². The van der Waals surface area contributed by atoms with Gasteiger partial charge in [0.1, 0.15) is 6.61 Å². The minimum Gasteiger partial charge on any atom is -0.462 e. The molecule has 0 aromatic carbocycles. The minimum atomic E-state index is -0.589. The molecule has 0 aromatic rings. The van der Waals surface area contributed by atoms with Gasteiger partial charge in [-0.3, -0.25) is 9.59 Å². The van der Waals surface area contributed by atoms with Crippen LogP contribution in [-0.4, -0.2) is 37.9 Å². The zero-order valence-electron chi connectivity index (χ0n) is 32.1. The van der Waals surface area contributed by atoms with Gasteiger partial charge in [-0.2, -0.15) is 0 Å². The largest absolute Gasteiger partial charge is 0.462 e. The highest BCUT2D eigenvalue weighted by atomic mass is 16.6. The van der Waals surface area contributed by atoms with Gasteiger partial charge in [0.05, 0.1) is 6.61 Å². The van der Waals surface area contributed by atoms with Gasteiger partial charge >= 0.3 is 11.9 Å². The van der Waals surface area contributed by atoms with E-state index in [9.17, 15) is 9.59 Å². The zero-order chi connectivity index (χ0) is 36.4. The van der Waals surface area contributed by atoms with Gasteiger partial charge in [-0.25, -0.2) is 0 Å². The van der Waals surface area contributed by atoms with Gasteiger partial charge in [-0.05, 0) is 83.5 Å². The quantitative estimate of drug-likeness (QED) is 0.0382. The molecule has 50 heavy (non-hydrogen) atoms. The van der Waals surface area contributed by atoms with Crippen molar-refractivity contribution in [2.75, 3.05) is 19.8 Å². The van der Waals surface area contributed by atoms with Crippen LogP contribution in [-0.2, 0) is 23.8 Å². The summed E-state index contributed by atoms with van der Waals surface area (Å²) < 4.78 is 17.0. The molecule has 0 heterocycles. The second-order valence-corrected chi connectivity index (χ2v) is 12.4. The molecule has 0 saturated heterocycles. The molecule has 5 heteroatoms. The Kier molecular flexibility index (Phi) is 37.7. The summed E-state index contributed by atoms with van der Waals surface area (Å²) in [4.78, 5) is 25.0. The Hall–Kier alpha value is -3.18. The lowest BCUT2D eigenvalue weighted by molar-refractivity contribution is -0.162. The highest BCUT2D eigenvalue weighted by Gasteiger charge is 2.17. The first-order valence-electron chi connectivity index (χ1n) is 19.8. The Bertz CT molecular complexity index is 1010. The Morgan fingerprint density at radius 2 is 0.940 bits per heavy atom. The van der Waals surface area contributed by atoms with E-state index in [1.807, 2.05) is 6.08 Å². The van der Waals surface area contributed by atoms with E-state index in [-0.39, 0.29) is 31.6 Å². The molecule has 5 nitrogen and oxygen atoms in total. The van der Waals surface area contributed by atoms with Crippen molar-refractivity contribution in [2.45, 2.75) is 155 Å². The number of carbonyl (C=O) groups is 2. The van der Waals surface area contributed by atoms with Gasteiger partial charge in [0.2, 0.25) is 0 Å². The van der Waals surface area contributed by atoms with Crippen LogP contribution in [0.15, 0.2) is 97.2 Å². The molecule has 0 aliphatic heterocycles. The fourth-order valence-electron chi connectivity index (χ4n) is 4.75. The van der Waals surface area contributed by atoms with Gasteiger partial charge in [0.25, 0.3) is 0 Å². The summed E-state index contributed by atoms with van der Waals surface area (Å²) >= 11 is 0. The lowest BCUT2D eigenvalue weighted by Gasteiger charge is -2.18. The number of hydrogen-bond acceptors (Lipinski definition) is 5. The van der Waals surface area contributed by atoms with Gasteiger partial charge in [0.15, 0.2) is 6.10 Å². The maximum Gasteiger partial charge on any atom is 0.306 e. The topological polar surface area (TPSA) is 61.8 Å². The number of esters is 2. The molecular weight excluding hydrogens is 620 g/mol. The molecule has 0 radical (unpaired) electrons. The average Bonchev–Trinajstić information content (AvgIpc) is 3.11. The smallest absolute Gasteiger partial charge is 0.306 e. The maximum atomic E-state index is 12.6. The number of allylic oxidation sites excluding steroid dienone is 16. The molecule has 0 saturated carbocycles. The van der Waals surface area contributed by atoms with Crippen LogP contribution in [0.25, 0.3) is 0 Å². The van der Waals surface area contributed by atoms with Crippen molar-refractivity contribution >= 4 is 11.9 Å². The molecule has 0 bridgehead atoms. The van der Waals surface area contributed by atoms with Crippen LogP contribution in [0.5, 0.6) is 0 Å². The van der Waals surface area contributed by atoms with E-state index in [2.05, 4.69) is 112 Å². The van der Waals surface area contributed by atoms with Crippen molar-refractivity contribution in [1.82, 2.24) is 0 Å². The number of hydrogen-bond donors (Lipinski definition) is 0. The highest BCUT2D eigenvalue weighted by Crippen LogP contribution is 2.08. The molecule has 1 atom stereocenters. The lowest BCUT2D eigenvalue weighted by atomic mass is 10.1. The fourth-order valence-corrected chi connectivity index (χ4v) is 4.75. The maximum absolute atomic E-state index is 12.6. The van der Waals surface area contributed by atoms with E-state index in [1.54, 1.807) is 0 Å². The number of rotatable bonds is 34. The Morgan fingerprint density at radius 3 is 1.48 bits per heavy atom. The average molecular weight is 693 g/mol. The van der Waals surface area contributed by atoms with Crippen molar-refractivity contribution in [3.05, 3.63) is 97.2 Å². The molecule has 0 rings (SSSR count). The summed E-state index contributed by atoms with van der Waals surface area (Å²) in [6.45, 7) is 7.39. The zero-order valence-corrected chi connectivity index (χ0v) is 32.1. The molecule has 0 amide bonds. The van der Waals surface area contributed by atoms with Crippen LogP contribution < -0.4 is 0 Å². The fraction of sp³-hybridized carbons (Fsp3) is 0.600. The monoisotopic (exact) mass is 693 g/mol. The molecule has 282 valence electrons. The SMILES string of the molecule is CC/C=C\C/C=C\C/C=C\C/C=C\CCCCC(=O)OCC(COCCCCCCCC)OC(=O)CC/C=C\C/C=C\C/C=C\C/C=C\CC. The summed E-state index contributed by atoms with van der Waals surface area (Å²) in [6.07, 6.45) is 52.8. The first-order valence-corrected chi connectivity index (χ1v) is 19.8. The molecule has 0 spiro atoms. The van der Waals surface area contributed by atoms with Crippen molar-refractivity contribution < 1.29 is 23.8 Å². The number of carbonyl (C=O) groups excluding carboxylic acids is 2. The Balaban J connectivity index is 4.37. The van der Waals surface area contributed by atoms with Crippen LogP contribution in [0, 0.1) is 0 Å². The van der Waals surface area contributed by atoms with Gasteiger partial charge < -0.3 is 14.2 Å². The minimum absolute atomic E-state index is 0.0297. The standard InChI is InChI=1S/C45H72O5/c1-4-7-10-13-16-18-20-22-23-25-26-28-30-32-35-38-44(46)49-42-43(41-48-40-37-34-15-12-9-6-3)50-45(47)39-36-33-31-29-27-24-21-19-17-14-11-8-5-2/h7-8,10-11,16-19,22-24,26-28,31,33,43H,4-6,9,12-15,20-21,25,29-30,32,34-42H2,1-3H3/b10-7-,11-8-,18-16-,19-17-,23-22-,27-24-,28-26-,33-31-. The van der Waals surface area contributed by atoms with Crippen molar-refractivity contribution in [3.8, 4) is 0 Å². The number of unbranched alkanes of at least 4 members (excludes halogenated alkanes) is 7. The van der Waals surface area contributed by atoms with E-state index in [0.717, 1.165) is 83.5 Å². The van der Waals surface area contributed by atoms with Gasteiger partial charge in [0, 0.05) is 19.4 Å². The van der Waals surface area contributed by atoms with E-state index in [4.69, 9.17) is 14.2 Å². The number of ether oxygens (including phenoxy) is 3. The van der Waals surface area contributed by atoms with Crippen LogP contribution >= 0.6 is 0 Å². The van der Waals surface area contributed by atoms with E-state index >= 15 is 0 Å². The van der Waals surface area contributed by atoms with Crippen molar-refractivity contribution in [3.63, 3.8) is 0 Å². The third kappa shape index (κ3) is 37.6. The second kappa shape index (κ2) is 40.3. The molecule has 0 aromatic heterocycles. The summed E-state index contributed by atoms with van der Waals surface area (Å²) in [5, 5.41) is 0. The van der Waals surface area contributed by atoms with E-state index in [1.165, 1.54) is 25.7 Å². The van der Waals surface area contributed by atoms with Gasteiger partial charge in [-0.1, -0.05) is 150 Å². The molecule has 0 aliphatic carbocycles. The summed E-state index contributed by atoms with van der Waals surface area (Å²) in [7, 11) is 0. The van der Waals surface area contributed by atoms with Crippen LogP contribution in [0.4, 0.5) is 0 Å². The van der Waals surface area contributed by atoms with E-state index < -0.39 is 6.10 Å². The highest BCUT2D eigenvalue weighted by molar-refractivity contribution is 5.70. The summed E-state index contributed by atoms with van der Waals surface area (Å²) in [6, 6.07) is 0. The first-order chi connectivity index (χ1) is 24.6. The van der Waals surface area contributed by atoms with Crippen molar-refractivity contribution in [2.24, 2.45) is 0 Å². The summed E-state index contributed by atoms with van der Waals surface area (Å²) in [5.41, 5.74) is 0. The third-order valence-corrected chi connectivity index (χ3v) is 7.63. The van der Waals surface area contributed by atoms with Crippen LogP contribution in [0.3, 0.4) is 0 Å². The molecular formula is C45H72O5. The molecule has 1 unspecified atom stereocenters. The molecule has 0 fully saturated rings. The molecule has 0 aliphatic rings. The second-order valence-electron chi connectivity index (χ2n) is 12.4. The lowest BCUT2D eigenvalue weighted by Crippen LogP contribution is -2.30. The van der Waals surface area contributed by atoms with Crippen molar-refractivity contribution in [1.29, 1.82) is 0 Å². The third-order valence-electron chi connectivity index (χ3n) is 7.63. The van der Waals surface area contributed by atoms with Gasteiger partial charge in [-0.15, -0.1) is 0 Å². The normalized spacial score (nSPS) is 13.3. The van der Waals surface area contributed by atoms with E-state index in [0.29, 0.717) is 19.4 Å². The Morgan fingerprint density at radius 1 is 0.460 bits per heavy atom. The predicted octanol–water partition coefficient (Wildman–Crippen LogP) is 12.8.